The fourth-order valence-corrected chi connectivity index (χ4v) is 6.47. The summed E-state index contributed by atoms with van der Waals surface area (Å²) in [5.74, 6) is -0.175. The number of aryl methyl sites for hydroxylation is 3. The molecule has 1 aliphatic rings. The van der Waals surface area contributed by atoms with Crippen molar-refractivity contribution in [2.45, 2.75) is 37.8 Å². The molecule has 0 saturated carbocycles. The van der Waals surface area contributed by atoms with E-state index in [4.69, 9.17) is 4.98 Å². The minimum absolute atomic E-state index is 0.0607. The smallest absolute Gasteiger partial charge is 0.267 e. The zero-order valence-corrected chi connectivity index (χ0v) is 22.3. The molecule has 0 radical (unpaired) electrons. The van der Waals surface area contributed by atoms with Crippen molar-refractivity contribution >= 4 is 61.4 Å². The Morgan fingerprint density at radius 2 is 1.91 bits per heavy atom. The van der Waals surface area contributed by atoms with Gasteiger partial charge in [-0.1, -0.05) is 57.5 Å². The quantitative estimate of drug-likeness (QED) is 0.142. The Bertz CT molecular complexity index is 1470. The standard InChI is InChI=1S/C26H23BrN4O2S2/c1-16-6-12-19(13-7-16)31-25(33)23-20-4-2-3-5-21(20)35-24(23)29-26(31)34-15-22(32)30-28-14-17-8-10-18(27)11-9-17/h6-14H,2-5,15H2,1H3,(H,30,32). The van der Waals surface area contributed by atoms with Crippen LogP contribution in [0.3, 0.4) is 0 Å². The van der Waals surface area contributed by atoms with Crippen LogP contribution in [0, 0.1) is 6.92 Å². The van der Waals surface area contributed by atoms with Gasteiger partial charge in [0.05, 0.1) is 23.0 Å². The van der Waals surface area contributed by atoms with Crippen molar-refractivity contribution < 1.29 is 4.79 Å². The molecular formula is C26H23BrN4O2S2. The maximum Gasteiger partial charge on any atom is 0.267 e. The molecule has 1 amide bonds. The van der Waals surface area contributed by atoms with Crippen LogP contribution in [0.4, 0.5) is 0 Å². The number of fused-ring (bicyclic) bond motifs is 3. The van der Waals surface area contributed by atoms with Gasteiger partial charge in [-0.2, -0.15) is 5.10 Å². The highest BCUT2D eigenvalue weighted by Crippen LogP contribution is 2.35. The fourth-order valence-electron chi connectivity index (χ4n) is 4.09. The molecule has 6 nitrogen and oxygen atoms in total. The lowest BCUT2D eigenvalue weighted by molar-refractivity contribution is -0.118. The van der Waals surface area contributed by atoms with Crippen LogP contribution < -0.4 is 11.0 Å². The van der Waals surface area contributed by atoms with Crippen molar-refractivity contribution in [3.8, 4) is 5.69 Å². The lowest BCUT2D eigenvalue weighted by Gasteiger charge is -2.13. The predicted molar refractivity (Wildman–Crippen MR) is 147 cm³/mol. The van der Waals surface area contributed by atoms with Crippen molar-refractivity contribution in [1.82, 2.24) is 15.0 Å². The van der Waals surface area contributed by atoms with Crippen molar-refractivity contribution in [1.29, 1.82) is 0 Å². The molecule has 0 fully saturated rings. The van der Waals surface area contributed by atoms with E-state index < -0.39 is 0 Å². The second-order valence-electron chi connectivity index (χ2n) is 8.39. The Balaban J connectivity index is 1.42. The second kappa shape index (κ2) is 10.5. The molecule has 0 bridgehead atoms. The number of amides is 1. The number of rotatable bonds is 6. The van der Waals surface area contributed by atoms with Crippen molar-refractivity contribution in [3.63, 3.8) is 0 Å². The monoisotopic (exact) mass is 566 g/mol. The van der Waals surface area contributed by atoms with Crippen LogP contribution >= 0.6 is 39.0 Å². The molecule has 2 heterocycles. The summed E-state index contributed by atoms with van der Waals surface area (Å²) in [4.78, 5) is 33.2. The zero-order chi connectivity index (χ0) is 24.4. The minimum atomic E-state index is -0.265. The summed E-state index contributed by atoms with van der Waals surface area (Å²) < 4.78 is 2.62. The summed E-state index contributed by atoms with van der Waals surface area (Å²) in [5.41, 5.74) is 6.40. The number of halogens is 1. The van der Waals surface area contributed by atoms with Gasteiger partial charge in [-0.05, 0) is 68.0 Å². The number of hydrazone groups is 1. The van der Waals surface area contributed by atoms with E-state index in [1.54, 1.807) is 22.1 Å². The summed E-state index contributed by atoms with van der Waals surface area (Å²) in [6.07, 6.45) is 5.76. The van der Waals surface area contributed by atoms with Crippen LogP contribution in [0.15, 0.2) is 68.1 Å². The Labute approximate surface area is 219 Å². The second-order valence-corrected chi connectivity index (χ2v) is 11.3. The van der Waals surface area contributed by atoms with Crippen molar-refractivity contribution in [2.75, 3.05) is 5.75 Å². The van der Waals surface area contributed by atoms with E-state index in [-0.39, 0.29) is 17.2 Å². The molecule has 2 aromatic carbocycles. The summed E-state index contributed by atoms with van der Waals surface area (Å²) in [5, 5.41) is 5.29. The van der Waals surface area contributed by atoms with E-state index in [9.17, 15) is 9.59 Å². The van der Waals surface area contributed by atoms with Gasteiger partial charge in [-0.3, -0.25) is 14.2 Å². The number of nitrogens with one attached hydrogen (secondary N) is 1. The average molecular weight is 568 g/mol. The lowest BCUT2D eigenvalue weighted by atomic mass is 9.97. The number of aromatic nitrogens is 2. The van der Waals surface area contributed by atoms with Crippen LogP contribution in [-0.2, 0) is 17.6 Å². The van der Waals surface area contributed by atoms with Gasteiger partial charge in [0.25, 0.3) is 11.5 Å². The van der Waals surface area contributed by atoms with E-state index in [1.807, 2.05) is 55.5 Å². The molecule has 0 unspecified atom stereocenters. The van der Waals surface area contributed by atoms with Gasteiger partial charge in [0, 0.05) is 9.35 Å². The highest BCUT2D eigenvalue weighted by Gasteiger charge is 2.23. The number of carbonyl (C=O) groups excluding carboxylic acids is 1. The van der Waals surface area contributed by atoms with Gasteiger partial charge in [-0.15, -0.1) is 11.3 Å². The molecule has 178 valence electrons. The molecule has 4 aromatic rings. The SMILES string of the molecule is Cc1ccc(-n2c(SCC(=O)NN=Cc3ccc(Br)cc3)nc3sc4c(c3c2=O)CCCC4)cc1. The van der Waals surface area contributed by atoms with Gasteiger partial charge >= 0.3 is 0 Å². The average Bonchev–Trinajstić information content (AvgIpc) is 3.23. The summed E-state index contributed by atoms with van der Waals surface area (Å²) in [6.45, 7) is 2.01. The molecule has 0 spiro atoms. The molecule has 1 aliphatic carbocycles. The van der Waals surface area contributed by atoms with Gasteiger partial charge in [0.1, 0.15) is 4.83 Å². The number of thioether (sulfide) groups is 1. The molecule has 0 saturated heterocycles. The van der Waals surface area contributed by atoms with E-state index in [0.29, 0.717) is 5.16 Å². The number of thiophene rings is 1. The Morgan fingerprint density at radius 1 is 1.17 bits per heavy atom. The Kier molecular flexibility index (Phi) is 7.17. The van der Waals surface area contributed by atoms with Gasteiger partial charge in [0.2, 0.25) is 0 Å². The normalized spacial score (nSPS) is 13.3. The Hall–Kier alpha value is -2.75. The topological polar surface area (TPSA) is 76.3 Å². The van der Waals surface area contributed by atoms with Crippen LogP contribution in [0.2, 0.25) is 0 Å². The molecule has 35 heavy (non-hydrogen) atoms. The van der Waals surface area contributed by atoms with Gasteiger partial charge in [-0.25, -0.2) is 10.4 Å². The van der Waals surface area contributed by atoms with Crippen LogP contribution in [0.1, 0.15) is 34.4 Å². The highest BCUT2D eigenvalue weighted by molar-refractivity contribution is 9.10. The third-order valence-electron chi connectivity index (χ3n) is 5.86. The minimum Gasteiger partial charge on any atom is -0.272 e. The molecule has 2 aromatic heterocycles. The fraction of sp³-hybridized carbons (Fsp3) is 0.231. The third-order valence-corrected chi connectivity index (χ3v) is 8.51. The van der Waals surface area contributed by atoms with Gasteiger partial charge in [0.15, 0.2) is 5.16 Å². The van der Waals surface area contributed by atoms with Crippen LogP contribution in [0.5, 0.6) is 0 Å². The Morgan fingerprint density at radius 3 is 2.69 bits per heavy atom. The first-order valence-corrected chi connectivity index (χ1v) is 13.9. The number of hydrogen-bond acceptors (Lipinski definition) is 6. The molecule has 5 rings (SSSR count). The third kappa shape index (κ3) is 5.27. The van der Waals surface area contributed by atoms with Crippen molar-refractivity contribution in [2.24, 2.45) is 5.10 Å². The number of carbonyl (C=O) groups is 1. The van der Waals surface area contributed by atoms with E-state index in [0.717, 1.165) is 62.8 Å². The summed E-state index contributed by atoms with van der Waals surface area (Å²) in [7, 11) is 0. The van der Waals surface area contributed by atoms with E-state index >= 15 is 0 Å². The maximum absolute atomic E-state index is 13.8. The van der Waals surface area contributed by atoms with Crippen molar-refractivity contribution in [3.05, 3.63) is 84.9 Å². The molecule has 0 atom stereocenters. The number of hydrogen-bond donors (Lipinski definition) is 1. The zero-order valence-electron chi connectivity index (χ0n) is 19.1. The van der Waals surface area contributed by atoms with Crippen LogP contribution in [-0.4, -0.2) is 27.4 Å². The first kappa shape index (κ1) is 24.0. The first-order valence-electron chi connectivity index (χ1n) is 11.3. The molecule has 0 aliphatic heterocycles. The summed E-state index contributed by atoms with van der Waals surface area (Å²) >= 11 is 6.26. The van der Waals surface area contributed by atoms with E-state index in [2.05, 4.69) is 26.5 Å². The first-order chi connectivity index (χ1) is 17.0. The number of benzene rings is 2. The molecule has 9 heteroatoms. The number of nitrogens with zero attached hydrogens (tertiary/aromatic N) is 3. The molecular weight excluding hydrogens is 544 g/mol. The molecule has 1 N–H and O–H groups in total. The highest BCUT2D eigenvalue weighted by atomic mass is 79.9. The predicted octanol–water partition coefficient (Wildman–Crippen LogP) is 5.64. The maximum atomic E-state index is 13.8. The summed E-state index contributed by atoms with van der Waals surface area (Å²) in [6, 6.07) is 15.4. The van der Waals surface area contributed by atoms with Gasteiger partial charge < -0.3 is 0 Å². The van der Waals surface area contributed by atoms with Crippen LogP contribution in [0.25, 0.3) is 15.9 Å². The largest absolute Gasteiger partial charge is 0.272 e. The lowest BCUT2D eigenvalue weighted by Crippen LogP contribution is -2.24. The van der Waals surface area contributed by atoms with E-state index in [1.165, 1.54) is 16.6 Å².